The van der Waals surface area contributed by atoms with E-state index in [1.54, 1.807) is 0 Å². The van der Waals surface area contributed by atoms with E-state index in [0.717, 1.165) is 6.08 Å². The van der Waals surface area contributed by atoms with Gasteiger partial charge in [0.05, 0.1) is 13.7 Å². The molecule has 0 fully saturated rings. The first kappa shape index (κ1) is 8.67. The highest BCUT2D eigenvalue weighted by Crippen LogP contribution is 2.11. The highest BCUT2D eigenvalue weighted by Gasteiger charge is 2.22. The van der Waals surface area contributed by atoms with Crippen LogP contribution in [0.4, 0.5) is 0 Å². The summed E-state index contributed by atoms with van der Waals surface area (Å²) >= 11 is 0. The number of hydrogen-bond donors (Lipinski definition) is 1. The summed E-state index contributed by atoms with van der Waals surface area (Å²) in [6.07, 6.45) is 2.45. The molecular weight excluding hydrogens is 160 g/mol. The second kappa shape index (κ2) is 3.32. The van der Waals surface area contributed by atoms with E-state index in [9.17, 15) is 9.59 Å². The molecule has 0 amide bonds. The van der Waals surface area contributed by atoms with Crippen LogP contribution in [0.1, 0.15) is 0 Å². The van der Waals surface area contributed by atoms with Gasteiger partial charge in [-0.25, -0.2) is 0 Å². The van der Waals surface area contributed by atoms with Gasteiger partial charge in [-0.15, -0.1) is 0 Å². The summed E-state index contributed by atoms with van der Waals surface area (Å²) in [7, 11) is 1.30. The Bertz CT molecular complexity index is 285. The van der Waals surface area contributed by atoms with E-state index >= 15 is 0 Å². The molecule has 0 saturated carbocycles. The van der Waals surface area contributed by atoms with Crippen LogP contribution < -0.4 is 0 Å². The van der Waals surface area contributed by atoms with Gasteiger partial charge in [0.15, 0.2) is 5.76 Å². The van der Waals surface area contributed by atoms with E-state index in [0.29, 0.717) is 5.57 Å². The number of ether oxygens (including phenoxy) is 1. The molecule has 12 heavy (non-hydrogen) atoms. The van der Waals surface area contributed by atoms with Crippen molar-refractivity contribution in [2.75, 3.05) is 13.7 Å². The third kappa shape index (κ3) is 1.43. The zero-order valence-corrected chi connectivity index (χ0v) is 6.53. The van der Waals surface area contributed by atoms with Gasteiger partial charge >= 0.3 is 0 Å². The molecule has 0 radical (unpaired) electrons. The quantitative estimate of drug-likeness (QED) is 0.449. The Labute approximate surface area is 69.1 Å². The first-order valence-electron chi connectivity index (χ1n) is 3.35. The van der Waals surface area contributed by atoms with Crippen molar-refractivity contribution in [1.82, 2.24) is 0 Å². The van der Waals surface area contributed by atoms with Crippen molar-refractivity contribution in [3.63, 3.8) is 0 Å². The lowest BCUT2D eigenvalue weighted by Gasteiger charge is -2.08. The normalized spacial score (nSPS) is 17.2. The lowest BCUT2D eigenvalue weighted by Crippen LogP contribution is -2.19. The van der Waals surface area contributed by atoms with Crippen molar-refractivity contribution in [3.05, 3.63) is 23.5 Å². The summed E-state index contributed by atoms with van der Waals surface area (Å²) in [4.78, 5) is 21.8. The first-order valence-corrected chi connectivity index (χ1v) is 3.35. The lowest BCUT2D eigenvalue weighted by molar-refractivity contribution is -0.133. The number of ketones is 2. The van der Waals surface area contributed by atoms with Gasteiger partial charge < -0.3 is 9.84 Å². The molecule has 0 aliphatic heterocycles. The van der Waals surface area contributed by atoms with Crippen molar-refractivity contribution in [2.45, 2.75) is 0 Å². The monoisotopic (exact) mass is 168 g/mol. The third-order valence-electron chi connectivity index (χ3n) is 1.48. The second-order valence-electron chi connectivity index (χ2n) is 2.28. The lowest BCUT2D eigenvalue weighted by atomic mass is 10.0. The molecule has 0 aromatic carbocycles. The molecule has 0 aromatic heterocycles. The zero-order valence-electron chi connectivity index (χ0n) is 6.53. The summed E-state index contributed by atoms with van der Waals surface area (Å²) in [5, 5.41) is 8.68. The van der Waals surface area contributed by atoms with Crippen LogP contribution in [-0.2, 0) is 14.3 Å². The molecule has 64 valence electrons. The average Bonchev–Trinajstić information content (AvgIpc) is 2.09. The summed E-state index contributed by atoms with van der Waals surface area (Å²) in [5.41, 5.74) is 0.386. The summed E-state index contributed by atoms with van der Waals surface area (Å²) < 4.78 is 4.64. The Morgan fingerprint density at radius 2 is 2.08 bits per heavy atom. The van der Waals surface area contributed by atoms with Crippen molar-refractivity contribution in [3.8, 4) is 0 Å². The van der Waals surface area contributed by atoms with Crippen LogP contribution in [-0.4, -0.2) is 30.4 Å². The molecule has 4 nitrogen and oxygen atoms in total. The van der Waals surface area contributed by atoms with E-state index in [1.165, 1.54) is 13.2 Å². The highest BCUT2D eigenvalue weighted by molar-refractivity contribution is 6.47. The van der Waals surface area contributed by atoms with Gasteiger partial charge in [0, 0.05) is 0 Å². The number of Topliss-reactive ketones (excluding diaryl/α,β-unsaturated/α-hetero) is 1. The van der Waals surface area contributed by atoms with Gasteiger partial charge in [-0.1, -0.05) is 0 Å². The SMILES string of the molecule is COC1=CC(CO)=CC(=O)C1=O. The number of carbonyl (C=O) groups is 2. The fourth-order valence-corrected chi connectivity index (χ4v) is 0.874. The van der Waals surface area contributed by atoms with Crippen LogP contribution in [0.25, 0.3) is 0 Å². The Morgan fingerprint density at radius 3 is 2.58 bits per heavy atom. The molecule has 0 aromatic rings. The Balaban J connectivity index is 3.00. The fourth-order valence-electron chi connectivity index (χ4n) is 0.874. The number of rotatable bonds is 2. The molecule has 1 rings (SSSR count). The molecule has 4 heteroatoms. The molecule has 0 heterocycles. The molecule has 0 bridgehead atoms. The number of methoxy groups -OCH3 is 1. The van der Waals surface area contributed by atoms with Gasteiger partial charge in [0.1, 0.15) is 0 Å². The van der Waals surface area contributed by atoms with Gasteiger partial charge in [0.25, 0.3) is 5.78 Å². The van der Waals surface area contributed by atoms with Crippen LogP contribution in [0.3, 0.4) is 0 Å². The number of carbonyl (C=O) groups excluding carboxylic acids is 2. The second-order valence-corrected chi connectivity index (χ2v) is 2.28. The molecule has 0 unspecified atom stereocenters. The van der Waals surface area contributed by atoms with Crippen LogP contribution >= 0.6 is 0 Å². The molecule has 0 atom stereocenters. The number of allylic oxidation sites excluding steroid dienone is 2. The van der Waals surface area contributed by atoms with E-state index in [1.807, 2.05) is 0 Å². The summed E-state index contributed by atoms with van der Waals surface area (Å²) in [5.74, 6) is -1.35. The fraction of sp³-hybridized carbons (Fsp3) is 0.250. The number of hydrogen-bond acceptors (Lipinski definition) is 4. The largest absolute Gasteiger partial charge is 0.492 e. The predicted molar refractivity (Wildman–Crippen MR) is 40.3 cm³/mol. The number of aliphatic hydroxyl groups excluding tert-OH is 1. The minimum atomic E-state index is -0.672. The van der Waals surface area contributed by atoms with Crippen LogP contribution in [0, 0.1) is 0 Å². The standard InChI is InChI=1S/C8H8O4/c1-12-7-3-5(4-9)2-6(10)8(7)11/h2-3,9H,4H2,1H3. The van der Waals surface area contributed by atoms with Crippen molar-refractivity contribution in [2.24, 2.45) is 0 Å². The Hall–Kier alpha value is -1.42. The maximum Gasteiger partial charge on any atom is 0.267 e. The van der Waals surface area contributed by atoms with E-state index in [2.05, 4.69) is 4.74 Å². The Kier molecular flexibility index (Phi) is 2.40. The smallest absolute Gasteiger partial charge is 0.267 e. The molecule has 1 N–H and O–H groups in total. The molecule has 0 spiro atoms. The maximum atomic E-state index is 10.9. The maximum absolute atomic E-state index is 10.9. The zero-order chi connectivity index (χ0) is 9.14. The summed E-state index contributed by atoms with van der Waals surface area (Å²) in [6.45, 7) is -0.272. The molecular formula is C8H8O4. The summed E-state index contributed by atoms with van der Waals surface area (Å²) in [6, 6.07) is 0. The van der Waals surface area contributed by atoms with Gasteiger partial charge in [-0.2, -0.15) is 0 Å². The van der Waals surface area contributed by atoms with E-state index in [4.69, 9.17) is 5.11 Å². The van der Waals surface area contributed by atoms with E-state index < -0.39 is 11.6 Å². The van der Waals surface area contributed by atoms with Crippen molar-refractivity contribution in [1.29, 1.82) is 0 Å². The predicted octanol–water partition coefficient (Wildman–Crippen LogP) is -0.413. The van der Waals surface area contributed by atoms with Crippen LogP contribution in [0.2, 0.25) is 0 Å². The molecule has 1 aliphatic carbocycles. The van der Waals surface area contributed by atoms with Crippen molar-refractivity contribution < 1.29 is 19.4 Å². The van der Waals surface area contributed by atoms with Gasteiger partial charge in [-0.3, -0.25) is 9.59 Å². The molecule has 1 aliphatic rings. The minimum Gasteiger partial charge on any atom is -0.492 e. The topological polar surface area (TPSA) is 63.6 Å². The van der Waals surface area contributed by atoms with Gasteiger partial charge in [0.2, 0.25) is 5.78 Å². The van der Waals surface area contributed by atoms with E-state index in [-0.39, 0.29) is 12.4 Å². The average molecular weight is 168 g/mol. The number of aliphatic hydroxyl groups is 1. The highest BCUT2D eigenvalue weighted by atomic mass is 16.5. The first-order chi connectivity index (χ1) is 5.69. The van der Waals surface area contributed by atoms with Crippen molar-refractivity contribution >= 4 is 11.6 Å². The van der Waals surface area contributed by atoms with Crippen LogP contribution in [0.15, 0.2) is 23.5 Å². The van der Waals surface area contributed by atoms with Crippen LogP contribution in [0.5, 0.6) is 0 Å². The minimum absolute atomic E-state index is 0.0217. The Morgan fingerprint density at radius 1 is 1.42 bits per heavy atom. The molecule has 0 saturated heterocycles. The van der Waals surface area contributed by atoms with Gasteiger partial charge in [-0.05, 0) is 17.7 Å². The third-order valence-corrected chi connectivity index (χ3v) is 1.48.